The molecule has 6 rings (SSSR count). The molecule has 1 aromatic carbocycles. The maximum Gasteiger partial charge on any atom is 0.291 e. The van der Waals surface area contributed by atoms with E-state index in [4.69, 9.17) is 4.42 Å². The van der Waals surface area contributed by atoms with Gasteiger partial charge in [-0.3, -0.25) is 14.4 Å². The summed E-state index contributed by atoms with van der Waals surface area (Å²) < 4.78 is 7.79. The van der Waals surface area contributed by atoms with Crippen molar-refractivity contribution in [1.82, 2.24) is 9.55 Å². The lowest BCUT2D eigenvalue weighted by molar-refractivity contribution is 0.0992. The molecule has 2 amide bonds. The van der Waals surface area contributed by atoms with Crippen LogP contribution in [-0.2, 0) is 6.54 Å². The molecule has 2 unspecified atom stereocenters. The number of fused-ring (bicyclic) bond motifs is 4. The number of hydrogen-bond acceptors (Lipinski definition) is 6. The first-order valence-electron chi connectivity index (χ1n) is 12.7. The van der Waals surface area contributed by atoms with E-state index in [0.29, 0.717) is 34.8 Å². The highest BCUT2D eigenvalue weighted by Gasteiger charge is 2.35. The number of aromatic nitrogens is 2. The Kier molecular flexibility index (Phi) is 6.56. The van der Waals surface area contributed by atoms with Crippen molar-refractivity contribution < 1.29 is 14.0 Å². The van der Waals surface area contributed by atoms with Gasteiger partial charge in [0.05, 0.1) is 11.4 Å². The van der Waals surface area contributed by atoms with Gasteiger partial charge in [-0.25, -0.2) is 4.98 Å². The number of piperidine rings is 1. The van der Waals surface area contributed by atoms with Gasteiger partial charge in [0.2, 0.25) is 0 Å². The van der Waals surface area contributed by atoms with Crippen molar-refractivity contribution >= 4 is 44.9 Å². The molecule has 5 heterocycles. The van der Waals surface area contributed by atoms with E-state index in [2.05, 4.69) is 36.4 Å². The van der Waals surface area contributed by atoms with E-state index in [1.165, 1.54) is 0 Å². The monoisotopic (exact) mass is 587 g/mol. The zero-order valence-corrected chi connectivity index (χ0v) is 22.8. The van der Waals surface area contributed by atoms with Gasteiger partial charge in [-0.15, -0.1) is 0 Å². The van der Waals surface area contributed by atoms with Crippen molar-refractivity contribution in [2.75, 3.05) is 28.6 Å². The van der Waals surface area contributed by atoms with Crippen LogP contribution in [0.3, 0.4) is 0 Å². The summed E-state index contributed by atoms with van der Waals surface area (Å²) in [4.78, 5) is 45.2. The molecule has 0 aliphatic carbocycles. The minimum atomic E-state index is -0.422. The van der Waals surface area contributed by atoms with Crippen LogP contribution in [0.25, 0.3) is 0 Å². The number of nitrogens with zero attached hydrogens (tertiary/aromatic N) is 3. The van der Waals surface area contributed by atoms with E-state index >= 15 is 0 Å². The third-order valence-electron chi connectivity index (χ3n) is 7.25. The molecule has 4 aromatic rings. The standard InChI is InChI=1S/C29H26BrN5O4/c1-17-4-2-6-26(31-17)33-28(37)19-8-9-23(21(13-19)32-29(38)24-10-11-25(30)39-24)34-14-18-12-20(16-34)22-5-3-7-27(36)35(22)15-18/h2-11,13,18,20H,12,14-16H2,1H3,(H,32,38)(H,31,33,37). The second kappa shape index (κ2) is 10.2. The van der Waals surface area contributed by atoms with Crippen molar-refractivity contribution in [2.24, 2.45) is 5.92 Å². The van der Waals surface area contributed by atoms with Crippen molar-refractivity contribution in [2.45, 2.75) is 25.8 Å². The zero-order chi connectivity index (χ0) is 27.1. The molecule has 1 fully saturated rings. The minimum absolute atomic E-state index is 0.0340. The summed E-state index contributed by atoms with van der Waals surface area (Å²) in [6, 6.07) is 19.4. The molecule has 0 saturated carbocycles. The number of carbonyl (C=O) groups is 2. The van der Waals surface area contributed by atoms with Crippen LogP contribution in [0.15, 0.2) is 80.6 Å². The van der Waals surface area contributed by atoms with Crippen molar-refractivity contribution in [1.29, 1.82) is 0 Å². The van der Waals surface area contributed by atoms with E-state index in [9.17, 15) is 14.4 Å². The highest BCUT2D eigenvalue weighted by atomic mass is 79.9. The Bertz CT molecular complexity index is 1640. The van der Waals surface area contributed by atoms with Gasteiger partial charge < -0.3 is 24.5 Å². The van der Waals surface area contributed by atoms with Gasteiger partial charge in [-0.1, -0.05) is 12.1 Å². The maximum absolute atomic E-state index is 13.1. The van der Waals surface area contributed by atoms with Crippen molar-refractivity contribution in [3.63, 3.8) is 0 Å². The topological polar surface area (TPSA) is 109 Å². The Hall–Kier alpha value is -4.18. The van der Waals surface area contributed by atoms with Gasteiger partial charge in [0.15, 0.2) is 10.4 Å². The average Bonchev–Trinajstić information content (AvgIpc) is 3.35. The molecule has 2 aliphatic heterocycles. The molecule has 2 atom stereocenters. The molecule has 3 aromatic heterocycles. The third kappa shape index (κ3) is 5.12. The smallest absolute Gasteiger partial charge is 0.291 e. The lowest BCUT2D eigenvalue weighted by Crippen LogP contribution is -2.47. The van der Waals surface area contributed by atoms with Crippen LogP contribution in [-0.4, -0.2) is 34.5 Å². The van der Waals surface area contributed by atoms with E-state index in [1.807, 2.05) is 41.8 Å². The Morgan fingerprint density at radius 1 is 0.974 bits per heavy atom. The molecule has 0 radical (unpaired) electrons. The quantitative estimate of drug-likeness (QED) is 0.339. The molecule has 39 heavy (non-hydrogen) atoms. The van der Waals surface area contributed by atoms with Crippen molar-refractivity contribution in [3.8, 4) is 0 Å². The first kappa shape index (κ1) is 25.1. The Labute approximate surface area is 233 Å². The number of amides is 2. The Morgan fingerprint density at radius 2 is 1.82 bits per heavy atom. The van der Waals surface area contributed by atoms with Gasteiger partial charge in [-0.05, 0) is 83.7 Å². The molecule has 2 N–H and O–H groups in total. The van der Waals surface area contributed by atoms with E-state index in [0.717, 1.165) is 30.0 Å². The van der Waals surface area contributed by atoms with Crippen LogP contribution in [0.4, 0.5) is 17.2 Å². The predicted octanol–water partition coefficient (Wildman–Crippen LogP) is 5.04. The first-order valence-corrected chi connectivity index (χ1v) is 13.5. The van der Waals surface area contributed by atoms with Gasteiger partial charge >= 0.3 is 0 Å². The van der Waals surface area contributed by atoms with Gasteiger partial charge in [0, 0.05) is 48.6 Å². The number of hydrogen-bond donors (Lipinski definition) is 2. The van der Waals surface area contributed by atoms with E-state index in [-0.39, 0.29) is 29.1 Å². The van der Waals surface area contributed by atoms with Crippen LogP contribution < -0.4 is 21.1 Å². The highest BCUT2D eigenvalue weighted by molar-refractivity contribution is 9.10. The molecule has 198 valence electrons. The van der Waals surface area contributed by atoms with Gasteiger partial charge in [0.1, 0.15) is 5.82 Å². The maximum atomic E-state index is 13.1. The summed E-state index contributed by atoms with van der Waals surface area (Å²) in [5.41, 5.74) is 3.55. The van der Waals surface area contributed by atoms with Crippen molar-refractivity contribution in [3.05, 3.63) is 104 Å². The summed E-state index contributed by atoms with van der Waals surface area (Å²) in [7, 11) is 0. The highest BCUT2D eigenvalue weighted by Crippen LogP contribution is 2.39. The fourth-order valence-corrected chi connectivity index (χ4v) is 5.87. The largest absolute Gasteiger partial charge is 0.444 e. The summed E-state index contributed by atoms with van der Waals surface area (Å²) >= 11 is 3.24. The summed E-state index contributed by atoms with van der Waals surface area (Å²) in [5, 5.41) is 5.78. The Morgan fingerprint density at radius 3 is 2.62 bits per heavy atom. The number of aryl methyl sites for hydroxylation is 1. The molecule has 9 nitrogen and oxygen atoms in total. The number of furan rings is 1. The van der Waals surface area contributed by atoms with Crippen LogP contribution >= 0.6 is 15.9 Å². The number of nitrogens with one attached hydrogen (secondary N) is 2. The van der Waals surface area contributed by atoms with Gasteiger partial charge in [0.25, 0.3) is 17.4 Å². The van der Waals surface area contributed by atoms with E-state index in [1.54, 1.807) is 36.4 Å². The lowest BCUT2D eigenvalue weighted by Gasteiger charge is -2.44. The average molecular weight is 588 g/mol. The third-order valence-corrected chi connectivity index (χ3v) is 7.68. The fourth-order valence-electron chi connectivity index (χ4n) is 5.57. The second-order valence-corrected chi connectivity index (χ2v) is 10.8. The fraction of sp³-hybridized carbons (Fsp3) is 0.241. The molecular weight excluding hydrogens is 562 g/mol. The predicted molar refractivity (Wildman–Crippen MR) is 151 cm³/mol. The van der Waals surface area contributed by atoms with Crippen LogP contribution in [0.2, 0.25) is 0 Å². The molecule has 2 aliphatic rings. The van der Waals surface area contributed by atoms with E-state index < -0.39 is 5.91 Å². The molecule has 1 saturated heterocycles. The van der Waals surface area contributed by atoms with Crippen LogP contribution in [0.1, 0.15) is 44.6 Å². The lowest BCUT2D eigenvalue weighted by atomic mass is 9.83. The molecular formula is C29H26BrN5O4. The Balaban J connectivity index is 1.33. The number of halogens is 1. The number of benzene rings is 1. The van der Waals surface area contributed by atoms with Crippen LogP contribution in [0, 0.1) is 12.8 Å². The summed E-state index contributed by atoms with van der Waals surface area (Å²) in [5.74, 6) is 0.319. The second-order valence-electron chi connectivity index (χ2n) is 10.0. The van der Waals surface area contributed by atoms with Crippen LogP contribution in [0.5, 0.6) is 0 Å². The summed E-state index contributed by atoms with van der Waals surface area (Å²) in [6.07, 6.45) is 1.01. The number of pyridine rings is 2. The number of rotatable bonds is 5. The molecule has 10 heteroatoms. The summed E-state index contributed by atoms with van der Waals surface area (Å²) in [6.45, 7) is 3.93. The SMILES string of the molecule is Cc1cccc(NC(=O)c2ccc(N3CC4CC(C3)c3cccc(=O)n3C4)c(NC(=O)c3ccc(Br)o3)c2)n1. The number of carbonyl (C=O) groups excluding carboxylic acids is 2. The normalized spacial score (nSPS) is 17.8. The molecule has 2 bridgehead atoms. The first-order chi connectivity index (χ1) is 18.8. The molecule has 0 spiro atoms. The number of anilines is 3. The van der Waals surface area contributed by atoms with Gasteiger partial charge in [-0.2, -0.15) is 0 Å². The minimum Gasteiger partial charge on any atom is -0.444 e. The zero-order valence-electron chi connectivity index (χ0n) is 21.2.